The van der Waals surface area contributed by atoms with E-state index >= 15 is 0 Å². The molecule has 2 N–H and O–H groups in total. The SMILES string of the molecule is CCc1nc2ccc(C#Cc3ccc(-c4cnc([C@@H]5CCCN5C=O)[nH]4)cc3)cc2[nH]1. The Balaban J connectivity index is 1.33. The maximum Gasteiger partial charge on any atom is 0.210 e. The van der Waals surface area contributed by atoms with Gasteiger partial charge in [0, 0.05) is 24.1 Å². The van der Waals surface area contributed by atoms with Gasteiger partial charge in [0.05, 0.1) is 29.0 Å². The summed E-state index contributed by atoms with van der Waals surface area (Å²) in [5, 5.41) is 0. The van der Waals surface area contributed by atoms with E-state index < -0.39 is 0 Å². The Labute approximate surface area is 180 Å². The Hall–Kier alpha value is -3.85. The van der Waals surface area contributed by atoms with Crippen LogP contribution in [0.4, 0.5) is 0 Å². The number of aryl methyl sites for hydroxylation is 1. The fraction of sp³-hybridized carbons (Fsp3) is 0.240. The van der Waals surface area contributed by atoms with Gasteiger partial charge in [0.2, 0.25) is 6.41 Å². The molecule has 6 nitrogen and oxygen atoms in total. The van der Waals surface area contributed by atoms with Gasteiger partial charge in [-0.25, -0.2) is 9.97 Å². The zero-order valence-corrected chi connectivity index (χ0v) is 17.4. The molecule has 0 spiro atoms. The molecule has 2 aromatic carbocycles. The van der Waals surface area contributed by atoms with Gasteiger partial charge < -0.3 is 14.9 Å². The second-order valence-corrected chi connectivity index (χ2v) is 7.78. The number of likely N-dealkylation sites (tertiary alicyclic amines) is 1. The summed E-state index contributed by atoms with van der Waals surface area (Å²) in [5.41, 5.74) is 5.89. The lowest BCUT2D eigenvalue weighted by Crippen LogP contribution is -2.21. The van der Waals surface area contributed by atoms with Crippen molar-refractivity contribution < 1.29 is 4.79 Å². The highest BCUT2D eigenvalue weighted by molar-refractivity contribution is 5.77. The van der Waals surface area contributed by atoms with Gasteiger partial charge in [-0.3, -0.25) is 4.79 Å². The monoisotopic (exact) mass is 409 g/mol. The summed E-state index contributed by atoms with van der Waals surface area (Å²) in [6.07, 6.45) is 5.60. The van der Waals surface area contributed by atoms with Crippen molar-refractivity contribution in [2.75, 3.05) is 6.54 Å². The van der Waals surface area contributed by atoms with Crippen molar-refractivity contribution in [2.45, 2.75) is 32.2 Å². The fourth-order valence-corrected chi connectivity index (χ4v) is 4.05. The van der Waals surface area contributed by atoms with Gasteiger partial charge in [0.1, 0.15) is 11.6 Å². The van der Waals surface area contributed by atoms with Gasteiger partial charge in [-0.05, 0) is 48.7 Å². The molecule has 1 amide bonds. The van der Waals surface area contributed by atoms with Crippen LogP contribution in [0.3, 0.4) is 0 Å². The highest BCUT2D eigenvalue weighted by Crippen LogP contribution is 2.30. The zero-order chi connectivity index (χ0) is 21.2. The first-order valence-electron chi connectivity index (χ1n) is 10.6. The second-order valence-electron chi connectivity index (χ2n) is 7.78. The summed E-state index contributed by atoms with van der Waals surface area (Å²) in [7, 11) is 0. The summed E-state index contributed by atoms with van der Waals surface area (Å²) in [4.78, 5) is 28.8. The standard InChI is InChI=1S/C25H23N5O/c1-2-24-27-20-12-9-18(14-21(20)28-24)6-5-17-7-10-19(11-8-17)22-15-26-25(29-22)23-4-3-13-30(23)16-31/h7-12,14-16,23H,2-4,13H2,1H3,(H,26,29)(H,27,28)/t23-/m0/s1. The van der Waals surface area contributed by atoms with Crippen molar-refractivity contribution in [3.05, 3.63) is 71.4 Å². The van der Waals surface area contributed by atoms with E-state index in [1.165, 1.54) is 0 Å². The van der Waals surface area contributed by atoms with E-state index in [0.717, 1.165) is 77.3 Å². The molecule has 0 aliphatic carbocycles. The van der Waals surface area contributed by atoms with Crippen molar-refractivity contribution in [2.24, 2.45) is 0 Å². The number of amides is 1. The molecule has 0 bridgehead atoms. The van der Waals surface area contributed by atoms with Crippen LogP contribution < -0.4 is 0 Å². The Morgan fingerprint density at radius 2 is 1.94 bits per heavy atom. The van der Waals surface area contributed by atoms with E-state index in [1.54, 1.807) is 0 Å². The third kappa shape index (κ3) is 3.82. The lowest BCUT2D eigenvalue weighted by atomic mass is 10.1. The van der Waals surface area contributed by atoms with E-state index in [1.807, 2.05) is 53.6 Å². The van der Waals surface area contributed by atoms with Crippen LogP contribution in [0, 0.1) is 11.8 Å². The molecule has 0 radical (unpaired) electrons. The maximum absolute atomic E-state index is 11.2. The third-order valence-electron chi connectivity index (χ3n) is 5.75. The highest BCUT2D eigenvalue weighted by atomic mass is 16.1. The Morgan fingerprint density at radius 1 is 1.13 bits per heavy atom. The minimum atomic E-state index is 0.0528. The Morgan fingerprint density at radius 3 is 2.74 bits per heavy atom. The normalized spacial score (nSPS) is 15.8. The number of hydrogen-bond acceptors (Lipinski definition) is 3. The van der Waals surface area contributed by atoms with Gasteiger partial charge in [0.25, 0.3) is 0 Å². The molecule has 154 valence electrons. The number of imidazole rings is 2. The topological polar surface area (TPSA) is 77.7 Å². The van der Waals surface area contributed by atoms with E-state index in [2.05, 4.69) is 38.7 Å². The van der Waals surface area contributed by atoms with Crippen molar-refractivity contribution in [3.8, 4) is 23.1 Å². The summed E-state index contributed by atoms with van der Waals surface area (Å²) in [5.74, 6) is 8.31. The summed E-state index contributed by atoms with van der Waals surface area (Å²) in [6, 6.07) is 14.2. The number of carbonyl (C=O) groups excluding carboxylic acids is 1. The van der Waals surface area contributed by atoms with Crippen molar-refractivity contribution in [1.82, 2.24) is 24.8 Å². The molecule has 4 aromatic rings. The van der Waals surface area contributed by atoms with Gasteiger partial charge in [0.15, 0.2) is 0 Å². The average Bonchev–Trinajstić information content (AvgIpc) is 3.56. The van der Waals surface area contributed by atoms with Gasteiger partial charge in [-0.1, -0.05) is 30.9 Å². The van der Waals surface area contributed by atoms with E-state index in [0.29, 0.717) is 0 Å². The number of rotatable bonds is 4. The Kier molecular flexibility index (Phi) is 5.01. The molecule has 6 heteroatoms. The smallest absolute Gasteiger partial charge is 0.210 e. The number of H-pyrrole nitrogens is 2. The number of aromatic amines is 2. The molecule has 1 fully saturated rings. The van der Waals surface area contributed by atoms with Crippen LogP contribution >= 0.6 is 0 Å². The van der Waals surface area contributed by atoms with Crippen LogP contribution in [0.2, 0.25) is 0 Å². The Bertz CT molecular complexity index is 1290. The van der Waals surface area contributed by atoms with Crippen molar-refractivity contribution in [1.29, 1.82) is 0 Å². The quantitative estimate of drug-likeness (QED) is 0.392. The largest absolute Gasteiger partial charge is 0.342 e. The first kappa shape index (κ1) is 19.1. The molecule has 3 heterocycles. The van der Waals surface area contributed by atoms with Gasteiger partial charge in [-0.15, -0.1) is 0 Å². The molecule has 1 atom stereocenters. The van der Waals surface area contributed by atoms with Crippen LogP contribution in [-0.4, -0.2) is 37.8 Å². The lowest BCUT2D eigenvalue weighted by Gasteiger charge is -2.17. The van der Waals surface area contributed by atoms with Gasteiger partial charge >= 0.3 is 0 Å². The number of fused-ring (bicyclic) bond motifs is 1. The van der Waals surface area contributed by atoms with Gasteiger partial charge in [-0.2, -0.15) is 0 Å². The molecule has 0 saturated carbocycles. The summed E-state index contributed by atoms with van der Waals surface area (Å²) >= 11 is 0. The molecule has 0 unspecified atom stereocenters. The predicted octanol–water partition coefficient (Wildman–Crippen LogP) is 4.21. The first-order valence-corrected chi connectivity index (χ1v) is 10.6. The minimum absolute atomic E-state index is 0.0528. The van der Waals surface area contributed by atoms with Crippen LogP contribution in [0.15, 0.2) is 48.7 Å². The van der Waals surface area contributed by atoms with Crippen molar-refractivity contribution in [3.63, 3.8) is 0 Å². The fourth-order valence-electron chi connectivity index (χ4n) is 4.05. The summed E-state index contributed by atoms with van der Waals surface area (Å²) < 4.78 is 0. The number of hydrogen-bond donors (Lipinski definition) is 2. The molecule has 1 saturated heterocycles. The second kappa shape index (κ2) is 8.11. The minimum Gasteiger partial charge on any atom is -0.342 e. The molecular formula is C25H23N5O. The van der Waals surface area contributed by atoms with Crippen LogP contribution in [-0.2, 0) is 11.2 Å². The van der Waals surface area contributed by atoms with Crippen LogP contribution in [0.1, 0.15) is 48.6 Å². The predicted molar refractivity (Wildman–Crippen MR) is 120 cm³/mol. The molecule has 1 aliphatic heterocycles. The van der Waals surface area contributed by atoms with E-state index in [4.69, 9.17) is 0 Å². The third-order valence-corrected chi connectivity index (χ3v) is 5.75. The molecule has 2 aromatic heterocycles. The molecule has 1 aliphatic rings. The molecule has 5 rings (SSSR count). The maximum atomic E-state index is 11.2. The number of carbonyl (C=O) groups is 1. The number of nitrogens with one attached hydrogen (secondary N) is 2. The number of nitrogens with zero attached hydrogens (tertiary/aromatic N) is 3. The number of benzene rings is 2. The molecular weight excluding hydrogens is 386 g/mol. The molecule has 31 heavy (non-hydrogen) atoms. The average molecular weight is 409 g/mol. The first-order chi connectivity index (χ1) is 15.2. The number of aromatic nitrogens is 4. The van der Waals surface area contributed by atoms with Crippen molar-refractivity contribution >= 4 is 17.4 Å². The lowest BCUT2D eigenvalue weighted by molar-refractivity contribution is -0.119. The van der Waals surface area contributed by atoms with Crippen LogP contribution in [0.25, 0.3) is 22.3 Å². The highest BCUT2D eigenvalue weighted by Gasteiger charge is 2.27. The van der Waals surface area contributed by atoms with Crippen LogP contribution in [0.5, 0.6) is 0 Å². The summed E-state index contributed by atoms with van der Waals surface area (Å²) in [6.45, 7) is 2.88. The van der Waals surface area contributed by atoms with E-state index in [-0.39, 0.29) is 6.04 Å². The zero-order valence-electron chi connectivity index (χ0n) is 17.4. The van der Waals surface area contributed by atoms with E-state index in [9.17, 15) is 4.79 Å².